The van der Waals surface area contributed by atoms with Gasteiger partial charge in [0.1, 0.15) is 11.8 Å². The van der Waals surface area contributed by atoms with Crippen LogP contribution in [0.15, 0.2) is 42.5 Å². The van der Waals surface area contributed by atoms with Gasteiger partial charge in [-0.2, -0.15) is 5.26 Å². The Hall–Kier alpha value is -2.18. The van der Waals surface area contributed by atoms with Crippen molar-refractivity contribution < 1.29 is 4.74 Å². The molecule has 0 unspecified atom stereocenters. The Bertz CT molecular complexity index is 678. The molecule has 0 fully saturated rings. The molecule has 1 aliphatic heterocycles. The number of para-hydroxylation sites is 2. The van der Waals surface area contributed by atoms with Crippen LogP contribution in [0.2, 0.25) is 5.02 Å². The molecule has 0 radical (unpaired) electrons. The van der Waals surface area contributed by atoms with Crippen molar-refractivity contribution in [1.29, 1.82) is 5.26 Å². The second-order valence-electron chi connectivity index (χ2n) is 4.59. The monoisotopic (exact) mass is 284 g/mol. The highest BCUT2D eigenvalue weighted by atomic mass is 35.5. The second kappa shape index (κ2) is 5.44. The zero-order valence-corrected chi connectivity index (χ0v) is 11.6. The lowest BCUT2D eigenvalue weighted by atomic mass is 10.1. The molecule has 0 saturated carbocycles. The normalized spacial score (nSPS) is 13.9. The van der Waals surface area contributed by atoms with Crippen LogP contribution in [0.4, 0.5) is 11.4 Å². The maximum absolute atomic E-state index is 9.31. The van der Waals surface area contributed by atoms with Crippen molar-refractivity contribution in [1.82, 2.24) is 0 Å². The number of halogens is 1. The zero-order chi connectivity index (χ0) is 13.9. The Kier molecular flexibility index (Phi) is 3.49. The fourth-order valence-electron chi connectivity index (χ4n) is 2.40. The molecular formula is C16H13ClN2O. The Morgan fingerprint density at radius 3 is 2.85 bits per heavy atom. The van der Waals surface area contributed by atoms with Crippen LogP contribution in [0.25, 0.3) is 0 Å². The Balaban J connectivity index is 2.15. The summed E-state index contributed by atoms with van der Waals surface area (Å²) in [5, 5.41) is 9.93. The summed E-state index contributed by atoms with van der Waals surface area (Å²) in [6.07, 6.45) is 0.895. The summed E-state index contributed by atoms with van der Waals surface area (Å²) in [6, 6.07) is 15.4. The van der Waals surface area contributed by atoms with Gasteiger partial charge in [0, 0.05) is 11.6 Å². The van der Waals surface area contributed by atoms with Gasteiger partial charge in [-0.3, -0.25) is 0 Å². The summed E-state index contributed by atoms with van der Waals surface area (Å²) in [5.41, 5.74) is 2.42. The number of benzene rings is 2. The summed E-state index contributed by atoms with van der Waals surface area (Å²) in [5.74, 6) is 0.842. The molecule has 100 valence electrons. The first-order chi connectivity index (χ1) is 9.79. The summed E-state index contributed by atoms with van der Waals surface area (Å²) in [6.45, 7) is 1.47. The third-order valence-electron chi connectivity index (χ3n) is 3.31. The summed E-state index contributed by atoms with van der Waals surface area (Å²) < 4.78 is 5.75. The lowest BCUT2D eigenvalue weighted by molar-refractivity contribution is 0.322. The van der Waals surface area contributed by atoms with Crippen molar-refractivity contribution in [2.75, 3.05) is 18.1 Å². The highest BCUT2D eigenvalue weighted by Crippen LogP contribution is 2.38. The molecule has 0 amide bonds. The van der Waals surface area contributed by atoms with Crippen LogP contribution in [0.1, 0.15) is 12.0 Å². The largest absolute Gasteiger partial charge is 0.491 e. The molecule has 1 heterocycles. The SMILES string of the molecule is N#Cc1ccc(Cl)cc1N1CCCOc2ccccc21. The minimum Gasteiger partial charge on any atom is -0.491 e. The molecule has 4 heteroatoms. The molecule has 0 N–H and O–H groups in total. The maximum atomic E-state index is 9.31. The molecule has 2 aromatic carbocycles. The molecule has 0 atom stereocenters. The first-order valence-corrected chi connectivity index (χ1v) is 6.86. The van der Waals surface area contributed by atoms with E-state index in [0.29, 0.717) is 17.2 Å². The van der Waals surface area contributed by atoms with Gasteiger partial charge in [-0.1, -0.05) is 23.7 Å². The smallest absolute Gasteiger partial charge is 0.142 e. The molecule has 0 aliphatic carbocycles. The number of hydrogen-bond acceptors (Lipinski definition) is 3. The van der Waals surface area contributed by atoms with Crippen molar-refractivity contribution in [2.45, 2.75) is 6.42 Å². The fraction of sp³-hybridized carbons (Fsp3) is 0.188. The molecular weight excluding hydrogens is 272 g/mol. The van der Waals surface area contributed by atoms with Gasteiger partial charge in [0.15, 0.2) is 0 Å². The van der Waals surface area contributed by atoms with Crippen molar-refractivity contribution in [3.05, 3.63) is 53.1 Å². The molecule has 0 spiro atoms. The maximum Gasteiger partial charge on any atom is 0.142 e. The van der Waals surface area contributed by atoms with E-state index in [1.165, 1.54) is 0 Å². The molecule has 0 bridgehead atoms. The summed E-state index contributed by atoms with van der Waals surface area (Å²) in [7, 11) is 0. The topological polar surface area (TPSA) is 36.3 Å². The fourth-order valence-corrected chi connectivity index (χ4v) is 2.57. The quantitative estimate of drug-likeness (QED) is 0.790. The van der Waals surface area contributed by atoms with E-state index in [4.69, 9.17) is 16.3 Å². The number of fused-ring (bicyclic) bond motifs is 1. The van der Waals surface area contributed by atoms with Crippen LogP contribution in [-0.4, -0.2) is 13.2 Å². The van der Waals surface area contributed by atoms with E-state index in [1.54, 1.807) is 12.1 Å². The third kappa shape index (κ3) is 2.31. The number of anilines is 2. The van der Waals surface area contributed by atoms with Gasteiger partial charge in [0.05, 0.1) is 23.5 Å². The molecule has 0 saturated heterocycles. The van der Waals surface area contributed by atoms with Crippen LogP contribution < -0.4 is 9.64 Å². The Labute approximate surface area is 123 Å². The van der Waals surface area contributed by atoms with Crippen LogP contribution in [0, 0.1) is 11.3 Å². The predicted octanol–water partition coefficient (Wildman–Crippen LogP) is 4.13. The number of ether oxygens (including phenoxy) is 1. The molecule has 2 aromatic rings. The van der Waals surface area contributed by atoms with Gasteiger partial charge in [0.25, 0.3) is 0 Å². The van der Waals surface area contributed by atoms with Gasteiger partial charge >= 0.3 is 0 Å². The van der Waals surface area contributed by atoms with Gasteiger partial charge in [-0.05, 0) is 36.8 Å². The average Bonchev–Trinajstić information content (AvgIpc) is 2.69. The molecule has 3 nitrogen and oxygen atoms in total. The molecule has 20 heavy (non-hydrogen) atoms. The number of nitriles is 1. The van der Waals surface area contributed by atoms with E-state index in [1.807, 2.05) is 30.3 Å². The summed E-state index contributed by atoms with van der Waals surface area (Å²) >= 11 is 6.09. The minimum atomic E-state index is 0.617. The standard InChI is InChI=1S/C16H13ClN2O/c17-13-7-6-12(11-18)15(10-13)19-8-3-9-20-16-5-2-1-4-14(16)19/h1-2,4-7,10H,3,8-9H2. The van der Waals surface area contributed by atoms with E-state index < -0.39 is 0 Å². The van der Waals surface area contributed by atoms with Gasteiger partial charge < -0.3 is 9.64 Å². The highest BCUT2D eigenvalue weighted by molar-refractivity contribution is 6.31. The van der Waals surface area contributed by atoms with Crippen molar-refractivity contribution in [3.63, 3.8) is 0 Å². The minimum absolute atomic E-state index is 0.617. The average molecular weight is 285 g/mol. The first-order valence-electron chi connectivity index (χ1n) is 6.48. The van der Waals surface area contributed by atoms with E-state index in [2.05, 4.69) is 11.0 Å². The second-order valence-corrected chi connectivity index (χ2v) is 5.03. The van der Waals surface area contributed by atoms with Gasteiger partial charge in [0.2, 0.25) is 0 Å². The van der Waals surface area contributed by atoms with Gasteiger partial charge in [-0.15, -0.1) is 0 Å². The van der Waals surface area contributed by atoms with Crippen LogP contribution in [0.3, 0.4) is 0 Å². The van der Waals surface area contributed by atoms with E-state index in [9.17, 15) is 5.26 Å². The lowest BCUT2D eigenvalue weighted by Crippen LogP contribution is -2.18. The third-order valence-corrected chi connectivity index (χ3v) is 3.55. The predicted molar refractivity (Wildman–Crippen MR) is 79.7 cm³/mol. The first kappa shape index (κ1) is 12.8. The van der Waals surface area contributed by atoms with E-state index >= 15 is 0 Å². The van der Waals surface area contributed by atoms with Crippen LogP contribution in [0.5, 0.6) is 5.75 Å². The Morgan fingerprint density at radius 1 is 1.15 bits per heavy atom. The van der Waals surface area contributed by atoms with Crippen molar-refractivity contribution in [3.8, 4) is 11.8 Å². The van der Waals surface area contributed by atoms with E-state index in [-0.39, 0.29) is 0 Å². The molecule has 1 aliphatic rings. The van der Waals surface area contributed by atoms with Crippen molar-refractivity contribution >= 4 is 23.0 Å². The van der Waals surface area contributed by atoms with Crippen LogP contribution >= 0.6 is 11.6 Å². The molecule has 0 aromatic heterocycles. The zero-order valence-electron chi connectivity index (χ0n) is 10.8. The van der Waals surface area contributed by atoms with Crippen LogP contribution in [-0.2, 0) is 0 Å². The molecule has 3 rings (SSSR count). The Morgan fingerprint density at radius 2 is 2.00 bits per heavy atom. The number of rotatable bonds is 1. The lowest BCUT2D eigenvalue weighted by Gasteiger charge is -2.25. The van der Waals surface area contributed by atoms with Crippen molar-refractivity contribution in [2.24, 2.45) is 0 Å². The highest BCUT2D eigenvalue weighted by Gasteiger charge is 2.20. The van der Waals surface area contributed by atoms with E-state index in [0.717, 1.165) is 30.1 Å². The summed E-state index contributed by atoms with van der Waals surface area (Å²) in [4.78, 5) is 2.10. The van der Waals surface area contributed by atoms with Gasteiger partial charge in [-0.25, -0.2) is 0 Å². The number of nitrogens with zero attached hydrogens (tertiary/aromatic N) is 2. The number of hydrogen-bond donors (Lipinski definition) is 0.